The number of carbonyl (C=O) groups is 3. The molecule has 0 fully saturated rings. The number of hydrogen-bond acceptors (Lipinski definition) is 6. The predicted octanol–water partition coefficient (Wildman–Crippen LogP) is 10.8. The summed E-state index contributed by atoms with van der Waals surface area (Å²) in [5.41, 5.74) is 2.32. The molecule has 0 saturated heterocycles. The summed E-state index contributed by atoms with van der Waals surface area (Å²) in [6.45, 7) is 45.4. The monoisotopic (exact) mass is 834 g/mol. The first-order chi connectivity index (χ1) is 25.7. The van der Waals surface area contributed by atoms with Crippen molar-refractivity contribution in [1.29, 1.82) is 0 Å². The molecule has 0 saturated carbocycles. The van der Waals surface area contributed by atoms with E-state index < -0.39 is 17.4 Å². The molecule has 4 N–H and O–H groups in total. The fourth-order valence-corrected chi connectivity index (χ4v) is 14.6. The first kappa shape index (κ1) is 61.4. The van der Waals surface area contributed by atoms with Gasteiger partial charge in [0.1, 0.15) is 0 Å². The van der Waals surface area contributed by atoms with Crippen LogP contribution in [0.4, 0.5) is 0 Å². The molecular formula is C45H99N3O6Si2. The van der Waals surface area contributed by atoms with Crippen molar-refractivity contribution in [3.05, 3.63) is 0 Å². The quantitative estimate of drug-likeness (QED) is 0.0679. The molecule has 0 spiro atoms. The van der Waals surface area contributed by atoms with Crippen molar-refractivity contribution in [2.45, 2.75) is 230 Å². The van der Waals surface area contributed by atoms with Crippen LogP contribution >= 0.6 is 0 Å². The smallest absolute Gasteiger partial charge is 0.323 e. The molecule has 0 aromatic heterocycles. The molecule has 0 rings (SSSR count). The lowest BCUT2D eigenvalue weighted by Gasteiger charge is -2.43. The lowest BCUT2D eigenvalue weighted by molar-refractivity contribution is -0.122. The van der Waals surface area contributed by atoms with E-state index in [0.29, 0.717) is 49.5 Å². The molecule has 0 radical (unpaired) electrons. The van der Waals surface area contributed by atoms with Crippen LogP contribution in [0, 0.1) is 23.7 Å². The van der Waals surface area contributed by atoms with E-state index in [-0.39, 0.29) is 36.0 Å². The zero-order valence-electron chi connectivity index (χ0n) is 40.8. The van der Waals surface area contributed by atoms with Crippen LogP contribution in [-0.2, 0) is 23.2 Å². The number of aliphatic hydroxyl groups is 1. The highest BCUT2D eigenvalue weighted by molar-refractivity contribution is 6.83. The summed E-state index contributed by atoms with van der Waals surface area (Å²) in [5.74, 6) is 3.04. The van der Waals surface area contributed by atoms with E-state index in [1.807, 2.05) is 27.7 Å². The molecule has 0 aliphatic rings. The second kappa shape index (κ2) is 36.8. The highest BCUT2D eigenvalue weighted by Crippen LogP contribution is 2.44. The van der Waals surface area contributed by atoms with Crippen molar-refractivity contribution < 1.29 is 28.3 Å². The van der Waals surface area contributed by atoms with E-state index in [2.05, 4.69) is 113 Å². The molecule has 338 valence electrons. The Labute approximate surface area is 352 Å². The summed E-state index contributed by atoms with van der Waals surface area (Å²) in [7, 11) is -3.02. The molecular weight excluding hydrogens is 735 g/mol. The van der Waals surface area contributed by atoms with Gasteiger partial charge in [-0.05, 0) is 96.9 Å². The zero-order valence-corrected chi connectivity index (χ0v) is 43.0. The Morgan fingerprint density at radius 1 is 0.482 bits per heavy atom. The molecule has 0 bridgehead atoms. The van der Waals surface area contributed by atoms with Crippen molar-refractivity contribution in [3.63, 3.8) is 0 Å². The molecule has 0 aliphatic heterocycles. The van der Waals surface area contributed by atoms with E-state index >= 15 is 0 Å². The van der Waals surface area contributed by atoms with Crippen LogP contribution in [0.2, 0.25) is 28.7 Å². The molecule has 0 heterocycles. The number of carbonyl (C=O) groups excluding carboxylic acids is 3. The fourth-order valence-electron chi connectivity index (χ4n) is 6.41. The minimum Gasteiger partial charge on any atom is -0.394 e. The van der Waals surface area contributed by atoms with Gasteiger partial charge in [-0.1, -0.05) is 114 Å². The molecule has 3 amide bonds. The Bertz CT molecular complexity index is 906. The second-order valence-electron chi connectivity index (χ2n) is 19.0. The minimum atomic E-state index is -1.66. The molecule has 11 heteroatoms. The Kier molecular flexibility index (Phi) is 40.3. The van der Waals surface area contributed by atoms with E-state index in [0.717, 1.165) is 61.4 Å². The van der Waals surface area contributed by atoms with E-state index in [4.69, 9.17) is 14.0 Å². The van der Waals surface area contributed by atoms with Gasteiger partial charge in [-0.2, -0.15) is 0 Å². The zero-order chi connectivity index (χ0) is 44.6. The lowest BCUT2D eigenvalue weighted by Crippen LogP contribution is -2.46. The van der Waals surface area contributed by atoms with Gasteiger partial charge >= 0.3 is 9.28 Å². The van der Waals surface area contributed by atoms with Crippen LogP contribution in [0.15, 0.2) is 0 Å². The lowest BCUT2D eigenvalue weighted by atomic mass is 10.1. The SMILES string of the molecule is CC(C)CCC(=O)NCC[SiH](OC(C)C)OC(C)C.CC(C)CCC(=O)NCC[Si](C(C)C)(C(C)C)C(C)C.CC(C)CCNC(=O)CCC(C)C.CC(C)O. The van der Waals surface area contributed by atoms with Gasteiger partial charge in [0.15, 0.2) is 0 Å². The largest absolute Gasteiger partial charge is 0.394 e. The summed E-state index contributed by atoms with van der Waals surface area (Å²) in [6, 6.07) is 2.04. The standard InChI is InChI=1S/C17H37NOSi.C14H31NO3Si.C11H23NO.C3H8O/c1-13(2)9-10-17(19)18-11-12-20(14(3)4,15(5)6)16(7)8;1-11(2)7-8-14(16)15-9-10-19(17-12(3)4)18-13(5)6;1-9(2)5-6-11(13)12-8-7-10(3)4;1-3(2)4/h13-16H,9-12H2,1-8H3,(H,18,19);11-13,19H,7-10H2,1-6H3,(H,15,16);9-10H,5-8H2,1-4H3,(H,12,13);3-4H,1-2H3. The van der Waals surface area contributed by atoms with Gasteiger partial charge in [0.25, 0.3) is 0 Å². The second-order valence-corrected chi connectivity index (χ2v) is 27.2. The van der Waals surface area contributed by atoms with Crippen LogP contribution in [0.25, 0.3) is 0 Å². The third-order valence-electron chi connectivity index (χ3n) is 9.55. The van der Waals surface area contributed by atoms with Gasteiger partial charge in [-0.3, -0.25) is 14.4 Å². The molecule has 56 heavy (non-hydrogen) atoms. The number of rotatable bonds is 25. The highest BCUT2D eigenvalue weighted by atomic mass is 28.3. The van der Waals surface area contributed by atoms with Crippen molar-refractivity contribution >= 4 is 35.1 Å². The van der Waals surface area contributed by atoms with E-state index in [1.54, 1.807) is 13.8 Å². The molecule has 0 atom stereocenters. The average molecular weight is 834 g/mol. The van der Waals surface area contributed by atoms with Gasteiger partial charge in [-0.25, -0.2) is 0 Å². The van der Waals surface area contributed by atoms with Crippen molar-refractivity contribution in [1.82, 2.24) is 16.0 Å². The summed E-state index contributed by atoms with van der Waals surface area (Å²) in [5, 5.41) is 17.1. The Hall–Kier alpha value is -1.28. The Morgan fingerprint density at radius 3 is 1.04 bits per heavy atom. The van der Waals surface area contributed by atoms with Crippen LogP contribution < -0.4 is 16.0 Å². The maximum absolute atomic E-state index is 11.8. The van der Waals surface area contributed by atoms with Crippen molar-refractivity contribution in [3.8, 4) is 0 Å². The maximum atomic E-state index is 11.8. The first-order valence-electron chi connectivity index (χ1n) is 22.5. The summed E-state index contributed by atoms with van der Waals surface area (Å²) in [4.78, 5) is 34.7. The number of nitrogens with one attached hydrogen (secondary N) is 3. The fraction of sp³-hybridized carbons (Fsp3) is 0.933. The molecule has 0 aromatic carbocycles. The van der Waals surface area contributed by atoms with Gasteiger partial charge < -0.3 is 29.9 Å². The van der Waals surface area contributed by atoms with Gasteiger partial charge in [0.05, 0.1) is 8.07 Å². The number of hydrogen-bond donors (Lipinski definition) is 4. The van der Waals surface area contributed by atoms with Crippen LogP contribution in [0.3, 0.4) is 0 Å². The molecule has 0 unspecified atom stereocenters. The highest BCUT2D eigenvalue weighted by Gasteiger charge is 2.41. The number of aliphatic hydroxyl groups excluding tert-OH is 1. The minimum absolute atomic E-state index is 0.135. The normalized spacial score (nSPS) is 11.8. The summed E-state index contributed by atoms with van der Waals surface area (Å²) < 4.78 is 11.6. The first-order valence-corrected chi connectivity index (χ1v) is 26.7. The van der Waals surface area contributed by atoms with Gasteiger partial charge in [0.2, 0.25) is 17.7 Å². The van der Waals surface area contributed by atoms with Crippen molar-refractivity contribution in [2.75, 3.05) is 19.6 Å². The number of amides is 3. The molecule has 0 aliphatic carbocycles. The summed E-state index contributed by atoms with van der Waals surface area (Å²) >= 11 is 0. The van der Waals surface area contributed by atoms with Crippen molar-refractivity contribution in [2.24, 2.45) is 23.7 Å². The van der Waals surface area contributed by atoms with E-state index in [1.165, 1.54) is 6.04 Å². The summed E-state index contributed by atoms with van der Waals surface area (Å²) in [6.07, 6.45) is 6.18. The van der Waals surface area contributed by atoms with Gasteiger partial charge in [-0.15, -0.1) is 0 Å². The van der Waals surface area contributed by atoms with Crippen LogP contribution in [0.1, 0.15) is 183 Å². The predicted molar refractivity (Wildman–Crippen MR) is 248 cm³/mol. The third kappa shape index (κ3) is 40.9. The third-order valence-corrected chi connectivity index (χ3v) is 19.6. The average Bonchev–Trinajstić information content (AvgIpc) is 3.03. The van der Waals surface area contributed by atoms with Crippen LogP contribution in [0.5, 0.6) is 0 Å². The Morgan fingerprint density at radius 2 is 0.768 bits per heavy atom. The molecule has 0 aromatic rings. The topological polar surface area (TPSA) is 126 Å². The molecule has 9 nitrogen and oxygen atoms in total. The maximum Gasteiger partial charge on any atom is 0.323 e. The van der Waals surface area contributed by atoms with Crippen LogP contribution in [-0.4, -0.2) is 78.1 Å². The Balaban J connectivity index is -0.000000351. The van der Waals surface area contributed by atoms with E-state index in [9.17, 15) is 14.4 Å². The van der Waals surface area contributed by atoms with Gasteiger partial charge in [0, 0.05) is 63.3 Å².